The number of piperidine rings is 1. The second-order valence-electron chi connectivity index (χ2n) is 20.4. The molecule has 0 radical (unpaired) electrons. The Kier molecular flexibility index (Phi) is 11.4. The average Bonchev–Trinajstić information content (AvgIpc) is 3.94. The molecule has 1 amide bonds. The molecule has 2 bridgehead atoms. The third kappa shape index (κ3) is 6.78. The molecule has 6 heterocycles. The van der Waals surface area contributed by atoms with Gasteiger partial charge in [0.15, 0.2) is 0 Å². The van der Waals surface area contributed by atoms with Crippen LogP contribution in [0.1, 0.15) is 82.7 Å². The van der Waals surface area contributed by atoms with Crippen molar-refractivity contribution in [3.63, 3.8) is 0 Å². The number of rotatable bonds is 10. The molecule has 13 nitrogen and oxygen atoms in total. The second kappa shape index (κ2) is 16.3. The maximum absolute atomic E-state index is 15.4. The van der Waals surface area contributed by atoms with Gasteiger partial charge in [-0.3, -0.25) is 14.5 Å². The van der Waals surface area contributed by atoms with Gasteiger partial charge in [-0.25, -0.2) is 13.6 Å². The van der Waals surface area contributed by atoms with Crippen molar-refractivity contribution in [1.82, 2.24) is 20.1 Å². The number of carbonyl (C=O) groups is 3. The highest BCUT2D eigenvalue weighted by molar-refractivity contribution is 5.94. The standard InChI is InChI=1S/C50H65F2N5O8/c1-9-47-16-12-18-57-20-17-48(41(47)57)35-22-36(39(62-7)23-38(35)55(6)42(48)50(61,43(47)65-30(4)58)28-53-45(60)64-27-29(2)3)49(44(59)63-8)24-31-21-32(46(5,51)52)26-56(25-31)19-15-34-33-13-10-11-14-37(33)54-40(34)49/h10-14,16,22-23,29,31-32,41-43,54,61H,9,15,17-21,24-28H2,1-8H3,(H,53,60)/t31-,32+,41-,42+,43+,47+,48+,49-,50?/m0/s1. The molecule has 5 aliphatic heterocycles. The summed E-state index contributed by atoms with van der Waals surface area (Å²) >= 11 is 0. The fraction of sp³-hybridized carbons (Fsp3) is 0.620. The summed E-state index contributed by atoms with van der Waals surface area (Å²) in [5.74, 6) is -4.77. The predicted octanol–water partition coefficient (Wildman–Crippen LogP) is 6.33. The van der Waals surface area contributed by atoms with Crippen molar-refractivity contribution in [2.45, 2.75) is 107 Å². The molecule has 1 saturated carbocycles. The molecule has 1 aliphatic carbocycles. The molecule has 2 aromatic carbocycles. The highest BCUT2D eigenvalue weighted by Crippen LogP contribution is 2.68. The van der Waals surface area contributed by atoms with Crippen LogP contribution < -0.4 is 15.0 Å². The average molecular weight is 902 g/mol. The maximum atomic E-state index is 15.4. The van der Waals surface area contributed by atoms with E-state index in [0.29, 0.717) is 62.4 Å². The number of hydrogen-bond donors (Lipinski definition) is 3. The van der Waals surface area contributed by atoms with Gasteiger partial charge < -0.3 is 44.2 Å². The Labute approximate surface area is 380 Å². The van der Waals surface area contributed by atoms with Gasteiger partial charge in [-0.1, -0.05) is 51.1 Å². The van der Waals surface area contributed by atoms with Crippen molar-refractivity contribution in [3.05, 3.63) is 70.9 Å². The number of para-hydroxylation sites is 1. The summed E-state index contributed by atoms with van der Waals surface area (Å²) in [7, 11) is 4.86. The first-order chi connectivity index (χ1) is 30.9. The monoisotopic (exact) mass is 901 g/mol. The van der Waals surface area contributed by atoms with Crippen molar-refractivity contribution in [3.8, 4) is 5.75 Å². The van der Waals surface area contributed by atoms with Gasteiger partial charge >= 0.3 is 18.0 Å². The summed E-state index contributed by atoms with van der Waals surface area (Å²) in [4.78, 5) is 52.3. The lowest BCUT2D eigenvalue weighted by Crippen LogP contribution is -2.81. The third-order valence-electron chi connectivity index (χ3n) is 16.2. The molecule has 3 aromatic rings. The van der Waals surface area contributed by atoms with E-state index in [9.17, 15) is 14.7 Å². The van der Waals surface area contributed by atoms with E-state index < -0.39 is 63.9 Å². The van der Waals surface area contributed by atoms with Crippen molar-refractivity contribution in [2.24, 2.45) is 23.2 Å². The first kappa shape index (κ1) is 45.4. The number of amides is 1. The van der Waals surface area contributed by atoms with Crippen LogP contribution in [-0.4, -0.2) is 135 Å². The largest absolute Gasteiger partial charge is 0.496 e. The van der Waals surface area contributed by atoms with E-state index in [1.807, 2.05) is 63.1 Å². The fourth-order valence-electron chi connectivity index (χ4n) is 13.9. The number of aliphatic hydroxyl groups is 1. The first-order valence-corrected chi connectivity index (χ1v) is 23.4. The number of carbonyl (C=O) groups excluding carboxylic acids is 3. The second-order valence-corrected chi connectivity index (χ2v) is 20.4. The summed E-state index contributed by atoms with van der Waals surface area (Å²) in [6.45, 7) is 10.8. The lowest BCUT2D eigenvalue weighted by atomic mass is 9.47. The number of alkyl halides is 2. The van der Waals surface area contributed by atoms with Gasteiger partial charge in [-0.15, -0.1) is 0 Å². The molecule has 15 heteroatoms. The molecule has 65 heavy (non-hydrogen) atoms. The quantitative estimate of drug-likeness (QED) is 0.119. The van der Waals surface area contributed by atoms with Gasteiger partial charge in [0, 0.05) is 96.9 Å². The van der Waals surface area contributed by atoms with E-state index in [4.69, 9.17) is 18.9 Å². The predicted molar refractivity (Wildman–Crippen MR) is 241 cm³/mol. The van der Waals surface area contributed by atoms with Gasteiger partial charge in [0.05, 0.1) is 33.4 Å². The van der Waals surface area contributed by atoms with E-state index in [-0.39, 0.29) is 50.4 Å². The van der Waals surface area contributed by atoms with Crippen molar-refractivity contribution in [2.75, 3.05) is 72.0 Å². The van der Waals surface area contributed by atoms with Crippen LogP contribution in [0.15, 0.2) is 48.6 Å². The van der Waals surface area contributed by atoms with E-state index in [2.05, 4.69) is 38.3 Å². The van der Waals surface area contributed by atoms with Gasteiger partial charge in [0.1, 0.15) is 22.9 Å². The normalized spacial score (nSPS) is 33.8. The molecule has 10 atom stereocenters. The van der Waals surface area contributed by atoms with Crippen LogP contribution in [0, 0.1) is 23.2 Å². The molecular formula is C50H65F2N5O8. The Bertz CT molecular complexity index is 2400. The number of nitrogens with zero attached hydrogens (tertiary/aromatic N) is 3. The minimum absolute atomic E-state index is 0.0817. The Morgan fingerprint density at radius 2 is 1.85 bits per heavy atom. The number of methoxy groups -OCH3 is 2. The molecule has 1 spiro atoms. The lowest BCUT2D eigenvalue weighted by Gasteiger charge is -2.64. The number of alkyl carbamates (subject to hydrolysis) is 1. The zero-order valence-corrected chi connectivity index (χ0v) is 39.0. The van der Waals surface area contributed by atoms with Gasteiger partial charge in [-0.05, 0) is 80.7 Å². The molecule has 6 aliphatic rings. The minimum Gasteiger partial charge on any atom is -0.496 e. The number of fused-ring (bicyclic) bond motifs is 6. The van der Waals surface area contributed by atoms with Crippen LogP contribution in [0.5, 0.6) is 5.75 Å². The number of aromatic amines is 1. The summed E-state index contributed by atoms with van der Waals surface area (Å²) in [5.41, 5.74) is -0.599. The Morgan fingerprint density at radius 1 is 1.08 bits per heavy atom. The zero-order chi connectivity index (χ0) is 46.4. The van der Waals surface area contributed by atoms with E-state index in [0.717, 1.165) is 34.6 Å². The fourth-order valence-corrected chi connectivity index (χ4v) is 13.9. The molecule has 3 fully saturated rings. The Hall–Kier alpha value is -4.73. The number of likely N-dealkylation sites (N-methyl/N-ethyl adjacent to an activating group) is 1. The smallest absolute Gasteiger partial charge is 0.407 e. The Morgan fingerprint density at radius 3 is 2.54 bits per heavy atom. The molecule has 3 N–H and O–H groups in total. The molecule has 2 saturated heterocycles. The van der Waals surface area contributed by atoms with E-state index in [1.54, 1.807) is 7.11 Å². The maximum Gasteiger partial charge on any atom is 0.407 e. The number of nitrogens with one attached hydrogen (secondary N) is 2. The van der Waals surface area contributed by atoms with Gasteiger partial charge in [0.2, 0.25) is 5.92 Å². The molecular weight excluding hydrogens is 837 g/mol. The number of halogens is 2. The molecule has 2 unspecified atom stereocenters. The van der Waals surface area contributed by atoms with Crippen LogP contribution in [0.2, 0.25) is 0 Å². The minimum atomic E-state index is -2.93. The SMILES string of the molecule is CC[C@]12C=CCN3CC[C@@]4(c5cc([C@@]6(C(=O)OC)C[C@@H]7C[C@@H](C(C)(F)F)CN(CCc8c6[nH]c6ccccc86)C7)c(OC)cc5N(C)[C@H]4C(O)(CNC(=O)OCC(C)C)[C@@H]1OC(C)=O)[C@@H]32. The van der Waals surface area contributed by atoms with Crippen LogP contribution in [0.25, 0.3) is 10.9 Å². The Balaban J connectivity index is 1.31. The lowest BCUT2D eigenvalue weighted by molar-refractivity contribution is -0.217. The number of benzene rings is 2. The van der Waals surface area contributed by atoms with E-state index in [1.165, 1.54) is 14.0 Å². The molecule has 352 valence electrons. The molecule has 9 rings (SSSR count). The molecule has 1 aromatic heterocycles. The summed E-state index contributed by atoms with van der Waals surface area (Å²) in [6.07, 6.45) is 4.39. The van der Waals surface area contributed by atoms with Crippen molar-refractivity contribution in [1.29, 1.82) is 0 Å². The van der Waals surface area contributed by atoms with Crippen LogP contribution in [0.4, 0.5) is 19.3 Å². The number of esters is 2. The van der Waals surface area contributed by atoms with Crippen molar-refractivity contribution >= 4 is 34.6 Å². The highest BCUT2D eigenvalue weighted by atomic mass is 19.3. The summed E-state index contributed by atoms with van der Waals surface area (Å²) < 4.78 is 55.1. The number of aromatic nitrogens is 1. The summed E-state index contributed by atoms with van der Waals surface area (Å²) in [5, 5.41) is 17.6. The van der Waals surface area contributed by atoms with Crippen molar-refractivity contribution < 1.29 is 47.2 Å². The van der Waals surface area contributed by atoms with E-state index >= 15 is 13.6 Å². The summed E-state index contributed by atoms with van der Waals surface area (Å²) in [6, 6.07) is 10.9. The van der Waals surface area contributed by atoms with Crippen LogP contribution in [-0.2, 0) is 41.1 Å². The number of H-pyrrole nitrogens is 1. The van der Waals surface area contributed by atoms with Gasteiger partial charge in [-0.2, -0.15) is 0 Å². The topological polar surface area (TPSA) is 146 Å². The third-order valence-corrected chi connectivity index (χ3v) is 16.2. The van der Waals surface area contributed by atoms with Gasteiger partial charge in [0.25, 0.3) is 0 Å². The highest BCUT2D eigenvalue weighted by Gasteiger charge is 2.78. The number of anilines is 1. The first-order valence-electron chi connectivity index (χ1n) is 23.4. The number of hydrogen-bond acceptors (Lipinski definition) is 11. The van der Waals surface area contributed by atoms with Crippen LogP contribution >= 0.6 is 0 Å². The number of ether oxygens (including phenoxy) is 4. The van der Waals surface area contributed by atoms with Crippen LogP contribution in [0.3, 0.4) is 0 Å². The zero-order valence-electron chi connectivity index (χ0n) is 39.0.